The average molecular weight is 417 g/mol. The molecule has 2 aromatic rings. The van der Waals surface area contributed by atoms with E-state index in [4.69, 9.17) is 4.74 Å². The second-order valence-electron chi connectivity index (χ2n) is 7.41. The zero-order chi connectivity index (χ0) is 21.0. The third kappa shape index (κ3) is 4.97. The van der Waals surface area contributed by atoms with Crippen LogP contribution >= 0.6 is 0 Å². The zero-order valence-electron chi connectivity index (χ0n) is 17.1. The molecular weight excluding hydrogens is 388 g/mol. The number of amides is 1. The fourth-order valence-electron chi connectivity index (χ4n) is 3.50. The number of sulfonamides is 1. The van der Waals surface area contributed by atoms with Crippen molar-refractivity contribution in [3.8, 4) is 5.75 Å². The molecule has 1 N–H and O–H groups in total. The van der Waals surface area contributed by atoms with Gasteiger partial charge >= 0.3 is 0 Å². The number of piperidine rings is 1. The van der Waals surface area contributed by atoms with Gasteiger partial charge in [-0.2, -0.15) is 4.31 Å². The van der Waals surface area contributed by atoms with Crippen molar-refractivity contribution in [3.05, 3.63) is 53.6 Å². The number of nitrogens with one attached hydrogen (secondary N) is 1. The van der Waals surface area contributed by atoms with Gasteiger partial charge in [0.2, 0.25) is 15.9 Å². The third-order valence-corrected chi connectivity index (χ3v) is 7.06. The minimum atomic E-state index is -3.65. The number of hydrogen-bond donors (Lipinski definition) is 1. The van der Waals surface area contributed by atoms with E-state index in [1.165, 1.54) is 4.31 Å². The number of rotatable bonds is 6. The van der Waals surface area contributed by atoms with E-state index in [9.17, 15) is 13.2 Å². The summed E-state index contributed by atoms with van der Waals surface area (Å²) in [4.78, 5) is 13.0. The maximum absolute atomic E-state index is 13.0. The van der Waals surface area contributed by atoms with Gasteiger partial charge < -0.3 is 10.1 Å². The predicted molar refractivity (Wildman–Crippen MR) is 114 cm³/mol. The van der Waals surface area contributed by atoms with Crippen LogP contribution in [0, 0.1) is 19.8 Å². The number of carbonyl (C=O) groups is 1. The average Bonchev–Trinajstić information content (AvgIpc) is 2.71. The molecule has 0 bridgehead atoms. The molecule has 0 spiro atoms. The Labute approximate surface area is 172 Å². The Balaban J connectivity index is 1.72. The Morgan fingerprint density at radius 1 is 1.17 bits per heavy atom. The van der Waals surface area contributed by atoms with Crippen molar-refractivity contribution in [2.24, 2.45) is 5.92 Å². The van der Waals surface area contributed by atoms with E-state index in [0.29, 0.717) is 31.7 Å². The fraction of sp³-hybridized carbons (Fsp3) is 0.409. The topological polar surface area (TPSA) is 75.7 Å². The molecular formula is C22H28N2O4S. The van der Waals surface area contributed by atoms with Gasteiger partial charge in [0.15, 0.2) is 0 Å². The normalized spacial score (nSPS) is 17.7. The summed E-state index contributed by atoms with van der Waals surface area (Å²) < 4.78 is 32.9. The summed E-state index contributed by atoms with van der Waals surface area (Å²) in [6, 6.07) is 12.3. The Bertz CT molecular complexity index is 971. The molecule has 6 nitrogen and oxygen atoms in total. The van der Waals surface area contributed by atoms with E-state index < -0.39 is 10.0 Å². The first kappa shape index (κ1) is 21.3. The predicted octanol–water partition coefficient (Wildman–Crippen LogP) is 3.74. The molecule has 0 aliphatic carbocycles. The Hall–Kier alpha value is -2.38. The highest BCUT2D eigenvalue weighted by Crippen LogP contribution is 2.26. The van der Waals surface area contributed by atoms with Crippen LogP contribution in [-0.4, -0.2) is 38.3 Å². The number of anilines is 1. The Morgan fingerprint density at radius 2 is 1.90 bits per heavy atom. The van der Waals surface area contributed by atoms with E-state index in [-0.39, 0.29) is 23.3 Å². The molecule has 29 heavy (non-hydrogen) atoms. The Kier molecular flexibility index (Phi) is 6.59. The first-order valence-corrected chi connectivity index (χ1v) is 11.4. The summed E-state index contributed by atoms with van der Waals surface area (Å²) in [5.74, 6) is 0.127. The standard InChI is InChI=1S/C22H28N2O4S/c1-4-28-19-9-11-20(12-10-19)29(26,27)24-13-5-6-18(15-24)22(25)23-21-14-16(2)7-8-17(21)3/h7-12,14,18H,4-6,13,15H2,1-3H3,(H,23,25)/t18-/m0/s1. The number of benzene rings is 2. The van der Waals surface area contributed by atoms with Crippen LogP contribution in [0.1, 0.15) is 30.9 Å². The molecule has 1 amide bonds. The highest BCUT2D eigenvalue weighted by molar-refractivity contribution is 7.89. The summed E-state index contributed by atoms with van der Waals surface area (Å²) >= 11 is 0. The van der Waals surface area contributed by atoms with Crippen LogP contribution in [0.15, 0.2) is 47.4 Å². The number of aryl methyl sites for hydroxylation is 2. The van der Waals surface area contributed by atoms with Gasteiger partial charge in [0.1, 0.15) is 5.75 Å². The lowest BCUT2D eigenvalue weighted by atomic mass is 9.98. The van der Waals surface area contributed by atoms with E-state index in [0.717, 1.165) is 16.8 Å². The monoisotopic (exact) mass is 416 g/mol. The first-order chi connectivity index (χ1) is 13.8. The fourth-order valence-corrected chi connectivity index (χ4v) is 5.03. The van der Waals surface area contributed by atoms with Crippen molar-refractivity contribution in [2.75, 3.05) is 25.0 Å². The highest BCUT2D eigenvalue weighted by Gasteiger charge is 2.33. The van der Waals surface area contributed by atoms with E-state index >= 15 is 0 Å². The summed E-state index contributed by atoms with van der Waals surface area (Å²) in [6.45, 7) is 6.92. The number of ether oxygens (including phenoxy) is 1. The van der Waals surface area contributed by atoms with Crippen LogP contribution in [0.25, 0.3) is 0 Å². The highest BCUT2D eigenvalue weighted by atomic mass is 32.2. The van der Waals surface area contributed by atoms with Crippen LogP contribution in [0.2, 0.25) is 0 Å². The van der Waals surface area contributed by atoms with Crippen molar-refractivity contribution < 1.29 is 17.9 Å². The van der Waals surface area contributed by atoms with Crippen molar-refractivity contribution in [3.63, 3.8) is 0 Å². The lowest BCUT2D eigenvalue weighted by Crippen LogP contribution is -2.43. The lowest BCUT2D eigenvalue weighted by Gasteiger charge is -2.31. The Morgan fingerprint density at radius 3 is 2.59 bits per heavy atom. The SMILES string of the molecule is CCOc1ccc(S(=O)(=O)N2CCC[C@H](C(=O)Nc3cc(C)ccc3C)C2)cc1. The second-order valence-corrected chi connectivity index (χ2v) is 9.35. The number of hydrogen-bond acceptors (Lipinski definition) is 4. The molecule has 0 saturated carbocycles. The number of carbonyl (C=O) groups excluding carboxylic acids is 1. The van der Waals surface area contributed by atoms with Gasteiger partial charge in [0.05, 0.1) is 17.4 Å². The van der Waals surface area contributed by atoms with E-state index in [2.05, 4.69) is 5.32 Å². The van der Waals surface area contributed by atoms with E-state index in [1.807, 2.05) is 39.0 Å². The van der Waals surface area contributed by atoms with Crippen molar-refractivity contribution in [1.82, 2.24) is 4.31 Å². The molecule has 2 aromatic carbocycles. The first-order valence-electron chi connectivity index (χ1n) is 9.92. The van der Waals surface area contributed by atoms with Crippen LogP contribution < -0.4 is 10.1 Å². The van der Waals surface area contributed by atoms with Crippen molar-refractivity contribution in [1.29, 1.82) is 0 Å². The molecule has 1 saturated heterocycles. The number of nitrogens with zero attached hydrogens (tertiary/aromatic N) is 1. The summed E-state index contributed by atoms with van der Waals surface area (Å²) in [5.41, 5.74) is 2.83. The van der Waals surface area contributed by atoms with Gasteiger partial charge in [0, 0.05) is 18.8 Å². The second kappa shape index (κ2) is 8.97. The molecule has 0 radical (unpaired) electrons. The molecule has 1 aliphatic heterocycles. The molecule has 0 unspecified atom stereocenters. The molecule has 7 heteroatoms. The maximum Gasteiger partial charge on any atom is 0.243 e. The summed E-state index contributed by atoms with van der Waals surface area (Å²) in [5, 5.41) is 2.98. The quantitative estimate of drug-likeness (QED) is 0.778. The van der Waals surface area contributed by atoms with Crippen molar-refractivity contribution >= 4 is 21.6 Å². The smallest absolute Gasteiger partial charge is 0.243 e. The van der Waals surface area contributed by atoms with Gasteiger partial charge in [-0.3, -0.25) is 4.79 Å². The summed E-state index contributed by atoms with van der Waals surface area (Å²) in [7, 11) is -3.65. The van der Waals surface area contributed by atoms with Gasteiger partial charge in [-0.25, -0.2) is 8.42 Å². The molecule has 1 atom stereocenters. The third-order valence-electron chi connectivity index (χ3n) is 5.18. The molecule has 1 heterocycles. The van der Waals surface area contributed by atoms with Crippen LogP contribution in [-0.2, 0) is 14.8 Å². The van der Waals surface area contributed by atoms with Gasteiger partial charge in [-0.1, -0.05) is 12.1 Å². The zero-order valence-corrected chi connectivity index (χ0v) is 18.0. The molecule has 1 fully saturated rings. The largest absolute Gasteiger partial charge is 0.494 e. The van der Waals surface area contributed by atoms with Crippen LogP contribution in [0.4, 0.5) is 5.69 Å². The van der Waals surface area contributed by atoms with E-state index in [1.54, 1.807) is 24.3 Å². The maximum atomic E-state index is 13.0. The molecule has 1 aliphatic rings. The van der Waals surface area contributed by atoms with Gasteiger partial charge in [-0.05, 0) is 75.1 Å². The molecule has 3 rings (SSSR count). The minimum Gasteiger partial charge on any atom is -0.494 e. The van der Waals surface area contributed by atoms with Crippen molar-refractivity contribution in [2.45, 2.75) is 38.5 Å². The lowest BCUT2D eigenvalue weighted by molar-refractivity contribution is -0.120. The minimum absolute atomic E-state index is 0.134. The molecule has 0 aromatic heterocycles. The van der Waals surface area contributed by atoms with Crippen LogP contribution in [0.3, 0.4) is 0 Å². The van der Waals surface area contributed by atoms with Gasteiger partial charge in [-0.15, -0.1) is 0 Å². The van der Waals surface area contributed by atoms with Gasteiger partial charge in [0.25, 0.3) is 0 Å². The summed E-state index contributed by atoms with van der Waals surface area (Å²) in [6.07, 6.45) is 1.33. The molecule has 156 valence electrons. The van der Waals surface area contributed by atoms with Crippen LogP contribution in [0.5, 0.6) is 5.75 Å².